The lowest BCUT2D eigenvalue weighted by atomic mass is 10.2. The van der Waals surface area contributed by atoms with Gasteiger partial charge >= 0.3 is 0 Å². The van der Waals surface area contributed by atoms with Gasteiger partial charge in [0.05, 0.1) is 24.3 Å². The second-order valence-corrected chi connectivity index (χ2v) is 8.67. The first kappa shape index (κ1) is 21.7. The van der Waals surface area contributed by atoms with Crippen LogP contribution in [0, 0.1) is 0 Å². The number of carbonyl (C=O) groups is 2. The molecule has 30 heavy (non-hydrogen) atoms. The summed E-state index contributed by atoms with van der Waals surface area (Å²) >= 11 is 2.82. The highest BCUT2D eigenvalue weighted by Crippen LogP contribution is 2.28. The number of nitrogens with one attached hydrogen (secondary N) is 2. The van der Waals surface area contributed by atoms with Crippen molar-refractivity contribution in [1.29, 1.82) is 0 Å². The highest BCUT2D eigenvalue weighted by atomic mass is 32.2. The summed E-state index contributed by atoms with van der Waals surface area (Å²) in [5.74, 6) is 0.938. The molecule has 0 saturated heterocycles. The van der Waals surface area contributed by atoms with Crippen LogP contribution in [0.15, 0.2) is 64.9 Å². The number of hydrogen-bond acceptors (Lipinski definition) is 6. The van der Waals surface area contributed by atoms with Gasteiger partial charge < -0.3 is 20.1 Å². The summed E-state index contributed by atoms with van der Waals surface area (Å²) in [6, 6.07) is 16.3. The molecule has 0 saturated carbocycles. The molecule has 0 aliphatic heterocycles. The maximum atomic E-state index is 12.6. The molecule has 3 aromatic rings. The Kier molecular flexibility index (Phi) is 7.37. The fourth-order valence-corrected chi connectivity index (χ4v) is 4.08. The van der Waals surface area contributed by atoms with Gasteiger partial charge in [0.1, 0.15) is 11.5 Å². The van der Waals surface area contributed by atoms with Crippen LogP contribution in [0.2, 0.25) is 0 Å². The van der Waals surface area contributed by atoms with Crippen LogP contribution in [-0.4, -0.2) is 31.3 Å². The molecule has 0 radical (unpaired) electrons. The Hall–Kier alpha value is -2.97. The fraction of sp³-hybridized carbons (Fsp3) is 0.182. The van der Waals surface area contributed by atoms with E-state index in [9.17, 15) is 9.59 Å². The lowest BCUT2D eigenvalue weighted by Crippen LogP contribution is -2.22. The molecule has 8 heteroatoms. The van der Waals surface area contributed by atoms with Crippen molar-refractivity contribution in [3.63, 3.8) is 0 Å². The van der Waals surface area contributed by atoms with Crippen LogP contribution in [0.25, 0.3) is 0 Å². The van der Waals surface area contributed by atoms with Crippen LogP contribution in [0.3, 0.4) is 0 Å². The van der Waals surface area contributed by atoms with E-state index in [1.54, 1.807) is 38.5 Å². The third kappa shape index (κ3) is 5.77. The van der Waals surface area contributed by atoms with Crippen molar-refractivity contribution in [3.8, 4) is 11.5 Å². The molecule has 0 bridgehead atoms. The molecular formula is C22H22N2O4S2. The van der Waals surface area contributed by atoms with Crippen LogP contribution >= 0.6 is 23.1 Å². The number of ether oxygens (including phenoxy) is 2. The molecule has 2 N–H and O–H groups in total. The third-order valence-electron chi connectivity index (χ3n) is 4.16. The minimum atomic E-state index is -0.325. The summed E-state index contributed by atoms with van der Waals surface area (Å²) in [5.41, 5.74) is 1.31. The quantitative estimate of drug-likeness (QED) is 0.473. The van der Waals surface area contributed by atoms with Crippen molar-refractivity contribution >= 4 is 46.3 Å². The lowest BCUT2D eigenvalue weighted by molar-refractivity contribution is -0.115. The summed E-state index contributed by atoms with van der Waals surface area (Å²) in [6.07, 6.45) is 0. The normalized spacial score (nSPS) is 11.4. The molecule has 0 fully saturated rings. The van der Waals surface area contributed by atoms with E-state index in [0.29, 0.717) is 27.8 Å². The monoisotopic (exact) mass is 442 g/mol. The van der Waals surface area contributed by atoms with Crippen LogP contribution in [0.1, 0.15) is 16.6 Å². The predicted molar refractivity (Wildman–Crippen MR) is 122 cm³/mol. The standard InChI is InChI=1S/C22H22N2O4S2/c1-14(21(25)24-16-11-17(27-2)13-18(12-16)28-3)30-19-8-6-15(7-9-19)23-22(26)20-5-4-10-29-20/h4-14H,1-3H3,(H,23,26)(H,24,25). The van der Waals surface area contributed by atoms with Crippen LogP contribution in [0.5, 0.6) is 11.5 Å². The van der Waals surface area contributed by atoms with Gasteiger partial charge in [-0.25, -0.2) is 0 Å². The van der Waals surface area contributed by atoms with Crippen molar-refractivity contribution in [2.75, 3.05) is 24.9 Å². The lowest BCUT2D eigenvalue weighted by Gasteiger charge is -2.14. The second kappa shape index (κ2) is 10.2. The number of thiophene rings is 1. The third-order valence-corrected chi connectivity index (χ3v) is 6.14. The molecule has 6 nitrogen and oxygen atoms in total. The number of rotatable bonds is 8. The highest BCUT2D eigenvalue weighted by molar-refractivity contribution is 8.00. The number of methoxy groups -OCH3 is 2. The summed E-state index contributed by atoms with van der Waals surface area (Å²) in [7, 11) is 3.12. The summed E-state index contributed by atoms with van der Waals surface area (Å²) in [4.78, 5) is 26.3. The van der Waals surface area contributed by atoms with Gasteiger partial charge in [-0.2, -0.15) is 0 Å². The van der Waals surface area contributed by atoms with Crippen molar-refractivity contribution in [2.45, 2.75) is 17.1 Å². The van der Waals surface area contributed by atoms with Crippen molar-refractivity contribution in [2.24, 2.45) is 0 Å². The van der Waals surface area contributed by atoms with Crippen LogP contribution < -0.4 is 20.1 Å². The average molecular weight is 443 g/mol. The zero-order chi connectivity index (χ0) is 21.5. The zero-order valence-electron chi connectivity index (χ0n) is 16.8. The van der Waals surface area contributed by atoms with Gasteiger partial charge in [0.2, 0.25) is 5.91 Å². The molecular weight excluding hydrogens is 420 g/mol. The summed E-state index contributed by atoms with van der Waals surface area (Å²) in [5, 5.41) is 7.29. The molecule has 156 valence electrons. The number of anilines is 2. The first-order valence-electron chi connectivity index (χ1n) is 9.14. The molecule has 1 unspecified atom stereocenters. The zero-order valence-corrected chi connectivity index (χ0v) is 18.4. The highest BCUT2D eigenvalue weighted by Gasteiger charge is 2.16. The number of benzene rings is 2. The van der Waals surface area contributed by atoms with Gasteiger partial charge in [-0.15, -0.1) is 23.1 Å². The summed E-state index contributed by atoms with van der Waals surface area (Å²) < 4.78 is 10.5. The van der Waals surface area contributed by atoms with E-state index >= 15 is 0 Å². The predicted octanol–water partition coefficient (Wildman–Crippen LogP) is 5.14. The van der Waals surface area contributed by atoms with E-state index in [1.807, 2.05) is 42.6 Å². The Morgan fingerprint density at radius 1 is 0.933 bits per heavy atom. The summed E-state index contributed by atoms with van der Waals surface area (Å²) in [6.45, 7) is 1.84. The number of carbonyl (C=O) groups excluding carboxylic acids is 2. The topological polar surface area (TPSA) is 76.7 Å². The largest absolute Gasteiger partial charge is 0.497 e. The number of thioether (sulfide) groups is 1. The molecule has 2 aromatic carbocycles. The molecule has 0 aliphatic carbocycles. The molecule has 0 aliphatic rings. The van der Waals surface area contributed by atoms with Crippen molar-refractivity contribution in [3.05, 3.63) is 64.9 Å². The molecule has 1 aromatic heterocycles. The first-order chi connectivity index (χ1) is 14.5. The van der Waals surface area contributed by atoms with Crippen LogP contribution in [0.4, 0.5) is 11.4 Å². The second-order valence-electron chi connectivity index (χ2n) is 6.31. The Morgan fingerprint density at radius 2 is 1.60 bits per heavy atom. The molecule has 3 rings (SSSR count). The molecule has 1 heterocycles. The van der Waals surface area contributed by atoms with E-state index in [0.717, 1.165) is 4.90 Å². The van der Waals surface area contributed by atoms with Gasteiger partial charge in [-0.05, 0) is 42.6 Å². The van der Waals surface area contributed by atoms with Gasteiger partial charge in [0, 0.05) is 34.5 Å². The fourth-order valence-electron chi connectivity index (χ4n) is 2.60. The van der Waals surface area contributed by atoms with Gasteiger partial charge in [0.25, 0.3) is 5.91 Å². The van der Waals surface area contributed by atoms with Gasteiger partial charge in [-0.1, -0.05) is 6.07 Å². The van der Waals surface area contributed by atoms with E-state index in [4.69, 9.17) is 9.47 Å². The van der Waals surface area contributed by atoms with E-state index in [-0.39, 0.29) is 17.1 Å². The smallest absolute Gasteiger partial charge is 0.265 e. The average Bonchev–Trinajstić information content (AvgIpc) is 3.30. The van der Waals surface area contributed by atoms with E-state index < -0.39 is 0 Å². The van der Waals surface area contributed by atoms with Crippen LogP contribution in [-0.2, 0) is 4.79 Å². The van der Waals surface area contributed by atoms with Gasteiger partial charge in [0.15, 0.2) is 0 Å². The number of hydrogen-bond donors (Lipinski definition) is 2. The van der Waals surface area contributed by atoms with E-state index in [1.165, 1.54) is 23.1 Å². The van der Waals surface area contributed by atoms with E-state index in [2.05, 4.69) is 10.6 Å². The SMILES string of the molecule is COc1cc(NC(=O)C(C)Sc2ccc(NC(=O)c3cccs3)cc2)cc(OC)c1. The molecule has 0 spiro atoms. The Labute approximate surface area is 183 Å². The maximum Gasteiger partial charge on any atom is 0.265 e. The van der Waals surface area contributed by atoms with Crippen molar-refractivity contribution < 1.29 is 19.1 Å². The first-order valence-corrected chi connectivity index (χ1v) is 10.9. The van der Waals surface area contributed by atoms with Gasteiger partial charge in [-0.3, -0.25) is 9.59 Å². The Bertz CT molecular complexity index is 982. The maximum absolute atomic E-state index is 12.6. The molecule has 1 atom stereocenters. The minimum absolute atomic E-state index is 0.133. The van der Waals surface area contributed by atoms with Crippen molar-refractivity contribution in [1.82, 2.24) is 0 Å². The molecule has 2 amide bonds. The minimum Gasteiger partial charge on any atom is -0.497 e. The Balaban J connectivity index is 1.58. The Morgan fingerprint density at radius 3 is 2.17 bits per heavy atom. The number of amides is 2.